The quantitative estimate of drug-likeness (QED) is 0.383. The summed E-state index contributed by atoms with van der Waals surface area (Å²) in [7, 11) is 0. The van der Waals surface area contributed by atoms with Gasteiger partial charge in [0.2, 0.25) is 0 Å². The van der Waals surface area contributed by atoms with Gasteiger partial charge in [0.15, 0.2) is 0 Å². The molecule has 1 aliphatic carbocycles. The largest absolute Gasteiger partial charge is 0.372 e. The highest BCUT2D eigenvalue weighted by Crippen LogP contribution is 2.28. The third-order valence-corrected chi connectivity index (χ3v) is 2.13. The van der Waals surface area contributed by atoms with Gasteiger partial charge in [-0.25, -0.2) is 0 Å². The first-order chi connectivity index (χ1) is 4.47. The van der Waals surface area contributed by atoms with Crippen molar-refractivity contribution in [2.24, 2.45) is 5.92 Å². The topological polar surface area (TPSA) is 12.5 Å². The summed E-state index contributed by atoms with van der Waals surface area (Å²) in [5.74, 6) is 0.763. The average Bonchev–Trinajstić information content (AvgIpc) is 2.71. The fourth-order valence-corrected chi connectivity index (χ4v) is 1.45. The van der Waals surface area contributed by atoms with Crippen LogP contribution < -0.4 is 0 Å². The summed E-state index contributed by atoms with van der Waals surface area (Å²) in [6.45, 7) is 1.01. The minimum atomic E-state index is 0.599. The van der Waals surface area contributed by atoms with Gasteiger partial charge in [-0.2, -0.15) is 0 Å². The number of allylic oxidation sites excluding steroid dienone is 1. The van der Waals surface area contributed by atoms with Crippen LogP contribution in [0.2, 0.25) is 0 Å². The summed E-state index contributed by atoms with van der Waals surface area (Å²) in [6.07, 6.45) is 9.20. The van der Waals surface area contributed by atoms with E-state index in [2.05, 4.69) is 12.2 Å². The van der Waals surface area contributed by atoms with Crippen molar-refractivity contribution in [2.75, 3.05) is 6.61 Å². The third-order valence-electron chi connectivity index (χ3n) is 2.13. The molecule has 0 aromatic carbocycles. The highest BCUT2D eigenvalue weighted by atomic mass is 16.6. The second kappa shape index (κ2) is 2.14. The molecule has 1 saturated heterocycles. The maximum absolute atomic E-state index is 5.20. The summed E-state index contributed by atoms with van der Waals surface area (Å²) < 4.78 is 5.20. The van der Waals surface area contributed by atoms with Gasteiger partial charge in [0.05, 0.1) is 12.7 Å². The van der Waals surface area contributed by atoms with E-state index in [9.17, 15) is 0 Å². The molecule has 0 amide bonds. The Morgan fingerprint density at radius 2 is 2.33 bits per heavy atom. The first-order valence-corrected chi connectivity index (χ1v) is 3.75. The molecule has 2 unspecified atom stereocenters. The molecule has 1 heteroatoms. The van der Waals surface area contributed by atoms with Crippen molar-refractivity contribution in [3.63, 3.8) is 0 Å². The van der Waals surface area contributed by atoms with Crippen LogP contribution in [0.1, 0.15) is 19.3 Å². The van der Waals surface area contributed by atoms with Crippen molar-refractivity contribution in [3.8, 4) is 0 Å². The second-order valence-corrected chi connectivity index (χ2v) is 2.89. The van der Waals surface area contributed by atoms with Gasteiger partial charge in [-0.05, 0) is 19.3 Å². The zero-order valence-corrected chi connectivity index (χ0v) is 5.55. The van der Waals surface area contributed by atoms with E-state index in [0.29, 0.717) is 6.10 Å². The van der Waals surface area contributed by atoms with Crippen LogP contribution in [0.25, 0.3) is 0 Å². The molecular formula is C8H12O. The fourth-order valence-electron chi connectivity index (χ4n) is 1.45. The van der Waals surface area contributed by atoms with Gasteiger partial charge in [-0.3, -0.25) is 0 Å². The van der Waals surface area contributed by atoms with E-state index in [4.69, 9.17) is 4.74 Å². The minimum absolute atomic E-state index is 0.599. The minimum Gasteiger partial charge on any atom is -0.372 e. The molecular weight excluding hydrogens is 112 g/mol. The standard InChI is InChI=1S/C8H12O/c1-2-4-7(5-3-1)8-6-9-8/h2,4,7-8H,1,3,5-6H2. The average molecular weight is 124 g/mol. The Hall–Kier alpha value is -0.300. The number of epoxide rings is 1. The monoisotopic (exact) mass is 124 g/mol. The predicted octanol–water partition coefficient (Wildman–Crippen LogP) is 1.74. The molecule has 2 aliphatic rings. The molecule has 0 N–H and O–H groups in total. The number of rotatable bonds is 1. The zero-order valence-electron chi connectivity index (χ0n) is 5.55. The number of hydrogen-bond donors (Lipinski definition) is 0. The number of ether oxygens (including phenoxy) is 1. The molecule has 0 spiro atoms. The van der Waals surface area contributed by atoms with E-state index in [-0.39, 0.29) is 0 Å². The maximum Gasteiger partial charge on any atom is 0.0872 e. The highest BCUT2D eigenvalue weighted by molar-refractivity contribution is 4.99. The first-order valence-electron chi connectivity index (χ1n) is 3.75. The molecule has 50 valence electrons. The van der Waals surface area contributed by atoms with E-state index in [1.54, 1.807) is 0 Å². The van der Waals surface area contributed by atoms with E-state index in [0.717, 1.165) is 12.5 Å². The zero-order chi connectivity index (χ0) is 6.10. The fraction of sp³-hybridized carbons (Fsp3) is 0.750. The van der Waals surface area contributed by atoms with Crippen molar-refractivity contribution in [1.82, 2.24) is 0 Å². The van der Waals surface area contributed by atoms with Gasteiger partial charge in [0, 0.05) is 5.92 Å². The lowest BCUT2D eigenvalue weighted by Crippen LogP contribution is -2.07. The molecule has 1 aliphatic heterocycles. The van der Waals surface area contributed by atoms with Crippen molar-refractivity contribution in [3.05, 3.63) is 12.2 Å². The van der Waals surface area contributed by atoms with Gasteiger partial charge in [-0.15, -0.1) is 0 Å². The predicted molar refractivity (Wildman–Crippen MR) is 36.2 cm³/mol. The molecule has 0 aromatic rings. The Balaban J connectivity index is 1.94. The lowest BCUT2D eigenvalue weighted by atomic mass is 9.93. The van der Waals surface area contributed by atoms with Crippen LogP contribution in [0, 0.1) is 5.92 Å². The van der Waals surface area contributed by atoms with E-state index in [1.807, 2.05) is 0 Å². The SMILES string of the molecule is C1=CC(C2CO2)CCC1. The van der Waals surface area contributed by atoms with Crippen LogP contribution in [-0.2, 0) is 4.74 Å². The van der Waals surface area contributed by atoms with Gasteiger partial charge < -0.3 is 4.74 Å². The van der Waals surface area contributed by atoms with Crippen LogP contribution in [0.4, 0.5) is 0 Å². The van der Waals surface area contributed by atoms with Crippen molar-refractivity contribution < 1.29 is 4.74 Å². The van der Waals surface area contributed by atoms with Gasteiger partial charge in [0.1, 0.15) is 0 Å². The molecule has 2 atom stereocenters. The lowest BCUT2D eigenvalue weighted by molar-refractivity contribution is 0.342. The molecule has 1 fully saturated rings. The van der Waals surface area contributed by atoms with E-state index in [1.165, 1.54) is 19.3 Å². The molecule has 2 rings (SSSR count). The van der Waals surface area contributed by atoms with E-state index < -0.39 is 0 Å². The van der Waals surface area contributed by atoms with Crippen LogP contribution in [-0.4, -0.2) is 12.7 Å². The Morgan fingerprint density at radius 1 is 1.44 bits per heavy atom. The molecule has 9 heavy (non-hydrogen) atoms. The smallest absolute Gasteiger partial charge is 0.0872 e. The van der Waals surface area contributed by atoms with Crippen LogP contribution in [0.3, 0.4) is 0 Å². The van der Waals surface area contributed by atoms with Crippen LogP contribution >= 0.6 is 0 Å². The normalized spacial score (nSPS) is 40.9. The molecule has 0 saturated carbocycles. The molecule has 0 aromatic heterocycles. The Labute approximate surface area is 55.7 Å². The van der Waals surface area contributed by atoms with Crippen molar-refractivity contribution in [2.45, 2.75) is 25.4 Å². The van der Waals surface area contributed by atoms with Crippen LogP contribution in [0.5, 0.6) is 0 Å². The van der Waals surface area contributed by atoms with Gasteiger partial charge >= 0.3 is 0 Å². The van der Waals surface area contributed by atoms with E-state index >= 15 is 0 Å². The first kappa shape index (κ1) is 5.48. The Morgan fingerprint density at radius 3 is 2.89 bits per heavy atom. The molecule has 0 radical (unpaired) electrons. The summed E-state index contributed by atoms with van der Waals surface area (Å²) in [5.41, 5.74) is 0. The van der Waals surface area contributed by atoms with Crippen molar-refractivity contribution >= 4 is 0 Å². The second-order valence-electron chi connectivity index (χ2n) is 2.89. The van der Waals surface area contributed by atoms with Crippen molar-refractivity contribution in [1.29, 1.82) is 0 Å². The molecule has 1 nitrogen and oxygen atoms in total. The molecule has 0 bridgehead atoms. The Bertz CT molecular complexity index is 125. The highest BCUT2D eigenvalue weighted by Gasteiger charge is 2.30. The molecule has 1 heterocycles. The summed E-state index contributed by atoms with van der Waals surface area (Å²) in [6, 6.07) is 0. The summed E-state index contributed by atoms with van der Waals surface area (Å²) >= 11 is 0. The maximum atomic E-state index is 5.20. The van der Waals surface area contributed by atoms with Gasteiger partial charge in [-0.1, -0.05) is 12.2 Å². The van der Waals surface area contributed by atoms with Gasteiger partial charge in [0.25, 0.3) is 0 Å². The van der Waals surface area contributed by atoms with Crippen LogP contribution in [0.15, 0.2) is 12.2 Å². The summed E-state index contributed by atoms with van der Waals surface area (Å²) in [4.78, 5) is 0. The number of hydrogen-bond acceptors (Lipinski definition) is 1. The lowest BCUT2D eigenvalue weighted by Gasteiger charge is -2.12. The Kier molecular flexibility index (Phi) is 1.31. The third kappa shape index (κ3) is 1.16. The summed E-state index contributed by atoms with van der Waals surface area (Å²) in [5, 5.41) is 0.